The van der Waals surface area contributed by atoms with Crippen molar-refractivity contribution in [2.24, 2.45) is 5.92 Å². The van der Waals surface area contributed by atoms with Crippen molar-refractivity contribution in [1.29, 1.82) is 0 Å². The quantitative estimate of drug-likeness (QED) is 0.783. The van der Waals surface area contributed by atoms with Gasteiger partial charge in [-0.15, -0.1) is 0 Å². The predicted molar refractivity (Wildman–Crippen MR) is 84.9 cm³/mol. The van der Waals surface area contributed by atoms with Crippen molar-refractivity contribution in [3.63, 3.8) is 0 Å². The van der Waals surface area contributed by atoms with E-state index in [1.807, 2.05) is 0 Å². The Labute approximate surface area is 135 Å². The third-order valence-electron chi connectivity index (χ3n) is 4.13. The van der Waals surface area contributed by atoms with Gasteiger partial charge in [-0.3, -0.25) is 4.79 Å². The molecule has 4 nitrogen and oxygen atoms in total. The smallest absolute Gasteiger partial charge is 0.387 e. The Balaban J connectivity index is 1.70. The van der Waals surface area contributed by atoms with Crippen molar-refractivity contribution < 1.29 is 18.3 Å². The van der Waals surface area contributed by atoms with Gasteiger partial charge < -0.3 is 15.0 Å². The van der Waals surface area contributed by atoms with Crippen LogP contribution in [0, 0.1) is 5.92 Å². The van der Waals surface area contributed by atoms with E-state index in [4.69, 9.17) is 0 Å². The monoisotopic (exact) mass is 326 g/mol. The minimum Gasteiger partial charge on any atom is -0.435 e. The summed E-state index contributed by atoms with van der Waals surface area (Å²) in [5.41, 5.74) is 0.329. The summed E-state index contributed by atoms with van der Waals surface area (Å²) in [7, 11) is 0. The summed E-state index contributed by atoms with van der Waals surface area (Å²) in [5.74, 6) is 0.542. The highest BCUT2D eigenvalue weighted by Gasteiger charge is 2.15. The molecule has 23 heavy (non-hydrogen) atoms. The van der Waals surface area contributed by atoms with Crippen LogP contribution in [0.25, 0.3) is 0 Å². The lowest BCUT2D eigenvalue weighted by atomic mass is 9.99. The third-order valence-corrected chi connectivity index (χ3v) is 4.13. The lowest BCUT2D eigenvalue weighted by Gasteiger charge is -2.30. The fourth-order valence-electron chi connectivity index (χ4n) is 2.71. The maximum Gasteiger partial charge on any atom is 0.387 e. The number of rotatable bonds is 7. The number of carbonyl (C=O) groups is 1. The number of nitrogens with one attached hydrogen (secondary N) is 1. The topological polar surface area (TPSA) is 41.6 Å². The molecule has 6 heteroatoms. The molecule has 1 aromatic rings. The average Bonchev–Trinajstić information content (AvgIpc) is 2.52. The average molecular weight is 326 g/mol. The first-order chi connectivity index (χ1) is 11.0. The summed E-state index contributed by atoms with van der Waals surface area (Å²) in [6, 6.07) is 5.84. The number of benzene rings is 1. The number of halogens is 2. The van der Waals surface area contributed by atoms with Gasteiger partial charge in [-0.1, -0.05) is 13.0 Å². The van der Waals surface area contributed by atoms with Gasteiger partial charge >= 0.3 is 6.61 Å². The van der Waals surface area contributed by atoms with Crippen molar-refractivity contribution in [1.82, 2.24) is 10.2 Å². The zero-order valence-corrected chi connectivity index (χ0v) is 13.4. The fourth-order valence-corrected chi connectivity index (χ4v) is 2.71. The Kier molecular flexibility index (Phi) is 6.77. The largest absolute Gasteiger partial charge is 0.435 e. The predicted octanol–water partition coefficient (Wildman–Crippen LogP) is 3.14. The van der Waals surface area contributed by atoms with E-state index in [0.29, 0.717) is 12.1 Å². The van der Waals surface area contributed by atoms with Crippen LogP contribution in [-0.2, 0) is 0 Å². The number of nitrogens with zero attached hydrogens (tertiary/aromatic N) is 1. The molecule has 0 saturated carbocycles. The number of hydrogen-bond donors (Lipinski definition) is 1. The molecule has 1 fully saturated rings. The van der Waals surface area contributed by atoms with Gasteiger partial charge in [0, 0.05) is 12.1 Å². The van der Waals surface area contributed by atoms with E-state index in [9.17, 15) is 13.6 Å². The number of carbonyl (C=O) groups excluding carboxylic acids is 1. The van der Waals surface area contributed by atoms with Gasteiger partial charge in [0.05, 0.1) is 0 Å². The lowest BCUT2D eigenvalue weighted by Crippen LogP contribution is -2.35. The van der Waals surface area contributed by atoms with Gasteiger partial charge in [-0.2, -0.15) is 8.78 Å². The lowest BCUT2D eigenvalue weighted by molar-refractivity contribution is -0.0498. The highest BCUT2D eigenvalue weighted by molar-refractivity contribution is 5.94. The van der Waals surface area contributed by atoms with Crippen LogP contribution in [0.15, 0.2) is 24.3 Å². The molecule has 1 N–H and O–H groups in total. The van der Waals surface area contributed by atoms with Crippen LogP contribution in [0.5, 0.6) is 5.75 Å². The maximum atomic E-state index is 12.2. The van der Waals surface area contributed by atoms with Crippen LogP contribution < -0.4 is 10.1 Å². The molecule has 0 aromatic heterocycles. The van der Waals surface area contributed by atoms with Gasteiger partial charge in [0.15, 0.2) is 0 Å². The van der Waals surface area contributed by atoms with Crippen molar-refractivity contribution in [3.05, 3.63) is 29.8 Å². The highest BCUT2D eigenvalue weighted by atomic mass is 19.3. The van der Waals surface area contributed by atoms with Gasteiger partial charge in [0.25, 0.3) is 5.91 Å². The van der Waals surface area contributed by atoms with Gasteiger partial charge in [0.2, 0.25) is 0 Å². The van der Waals surface area contributed by atoms with Crippen LogP contribution in [0.3, 0.4) is 0 Å². The Morgan fingerprint density at radius 3 is 2.83 bits per heavy atom. The second-order valence-electron chi connectivity index (χ2n) is 6.04. The van der Waals surface area contributed by atoms with Crippen LogP contribution in [0.2, 0.25) is 0 Å². The Hall–Kier alpha value is -1.69. The molecule has 0 radical (unpaired) electrons. The highest BCUT2D eigenvalue weighted by Crippen LogP contribution is 2.17. The molecule has 2 rings (SSSR count). The molecule has 1 amide bonds. The molecule has 1 saturated heterocycles. The second-order valence-corrected chi connectivity index (χ2v) is 6.04. The minimum atomic E-state index is -2.89. The summed E-state index contributed by atoms with van der Waals surface area (Å²) in [6.07, 6.45) is 3.36. The van der Waals surface area contributed by atoms with Crippen molar-refractivity contribution >= 4 is 5.91 Å². The van der Waals surface area contributed by atoms with Crippen LogP contribution in [0.1, 0.15) is 36.5 Å². The first kappa shape index (κ1) is 17.7. The van der Waals surface area contributed by atoms with Gasteiger partial charge in [-0.25, -0.2) is 0 Å². The van der Waals surface area contributed by atoms with Crippen LogP contribution in [-0.4, -0.2) is 43.6 Å². The molecule has 1 aliphatic heterocycles. The molecule has 0 unspecified atom stereocenters. The zero-order valence-electron chi connectivity index (χ0n) is 13.4. The molecule has 1 heterocycles. The number of alkyl halides is 2. The summed E-state index contributed by atoms with van der Waals surface area (Å²) < 4.78 is 28.6. The van der Waals surface area contributed by atoms with Crippen molar-refractivity contribution in [3.8, 4) is 5.75 Å². The van der Waals surface area contributed by atoms with E-state index < -0.39 is 6.61 Å². The molecule has 1 aliphatic rings. The molecule has 0 aliphatic carbocycles. The second kappa shape index (κ2) is 8.82. The molecule has 0 bridgehead atoms. The number of ether oxygens (including phenoxy) is 1. The molecule has 1 aromatic carbocycles. The van der Waals surface area contributed by atoms with E-state index in [2.05, 4.69) is 21.9 Å². The Bertz CT molecular complexity index is 503. The fraction of sp³-hybridized carbons (Fsp3) is 0.588. The summed E-state index contributed by atoms with van der Waals surface area (Å²) in [6.45, 7) is 3.20. The third kappa shape index (κ3) is 6.14. The van der Waals surface area contributed by atoms with E-state index in [1.54, 1.807) is 6.07 Å². The first-order valence-corrected chi connectivity index (χ1v) is 8.10. The number of amides is 1. The van der Waals surface area contributed by atoms with E-state index in [0.717, 1.165) is 32.0 Å². The standard InChI is InChI=1S/C17H24F2N2O2/c1-13-6-10-21(11-7-13)9-3-8-20-16(22)14-4-2-5-15(12-14)23-17(18)19/h2,4-5,12-13,17H,3,6-11H2,1H3,(H,20,22). The molecule has 128 valence electrons. The van der Waals surface area contributed by atoms with E-state index in [-0.39, 0.29) is 11.7 Å². The van der Waals surface area contributed by atoms with E-state index in [1.165, 1.54) is 31.0 Å². The molecule has 0 atom stereocenters. The molecule has 0 spiro atoms. The number of piperidine rings is 1. The molecular weight excluding hydrogens is 302 g/mol. The van der Waals surface area contributed by atoms with E-state index >= 15 is 0 Å². The SMILES string of the molecule is CC1CCN(CCCNC(=O)c2cccc(OC(F)F)c2)CC1. The summed E-state index contributed by atoms with van der Waals surface area (Å²) in [4.78, 5) is 14.4. The summed E-state index contributed by atoms with van der Waals surface area (Å²) in [5, 5.41) is 2.82. The Morgan fingerprint density at radius 1 is 1.39 bits per heavy atom. The summed E-state index contributed by atoms with van der Waals surface area (Å²) >= 11 is 0. The normalized spacial score (nSPS) is 16.5. The van der Waals surface area contributed by atoms with Crippen molar-refractivity contribution in [2.75, 3.05) is 26.2 Å². The minimum absolute atomic E-state index is 0.00455. The maximum absolute atomic E-state index is 12.2. The number of likely N-dealkylation sites (tertiary alicyclic amines) is 1. The van der Waals surface area contributed by atoms with Gasteiger partial charge in [-0.05, 0) is 63.0 Å². The zero-order chi connectivity index (χ0) is 16.7. The molecular formula is C17H24F2N2O2. The van der Waals surface area contributed by atoms with Crippen LogP contribution >= 0.6 is 0 Å². The van der Waals surface area contributed by atoms with Gasteiger partial charge in [0.1, 0.15) is 5.75 Å². The number of hydrogen-bond acceptors (Lipinski definition) is 3. The Morgan fingerprint density at radius 2 is 2.13 bits per heavy atom. The first-order valence-electron chi connectivity index (χ1n) is 8.10. The van der Waals surface area contributed by atoms with Crippen LogP contribution in [0.4, 0.5) is 8.78 Å². The van der Waals surface area contributed by atoms with Crippen molar-refractivity contribution in [2.45, 2.75) is 32.8 Å².